The summed E-state index contributed by atoms with van der Waals surface area (Å²) in [7, 11) is 0. The molecule has 2 atom stereocenters. The molecular formula is C38H34O12. The largest absolute Gasteiger partial charge is 0.514 e. The van der Waals surface area contributed by atoms with Gasteiger partial charge in [0.1, 0.15) is 23.7 Å². The summed E-state index contributed by atoms with van der Waals surface area (Å²) in [5, 5.41) is 0. The Morgan fingerprint density at radius 2 is 0.760 bits per heavy atom. The van der Waals surface area contributed by atoms with E-state index < -0.39 is 48.0 Å². The Kier molecular flexibility index (Phi) is 12.6. The molecule has 12 heteroatoms. The molecule has 0 saturated heterocycles. The molecule has 4 aromatic rings. The highest BCUT2D eigenvalue weighted by atomic mass is 17.2. The number of para-hydroxylation sites is 2. The van der Waals surface area contributed by atoms with Gasteiger partial charge in [0.15, 0.2) is 11.6 Å². The summed E-state index contributed by atoms with van der Waals surface area (Å²) < 4.78 is 20.8. The summed E-state index contributed by atoms with van der Waals surface area (Å²) >= 11 is 0. The van der Waals surface area contributed by atoms with Gasteiger partial charge in [-0.15, -0.1) is 0 Å². The normalized spacial score (nSPS) is 11.7. The second kappa shape index (κ2) is 17.2. The third kappa shape index (κ3) is 9.19. The van der Waals surface area contributed by atoms with Crippen LogP contribution < -0.4 is 9.47 Å². The molecule has 0 N–H and O–H groups in total. The molecule has 2 unspecified atom stereocenters. The minimum atomic E-state index is -1.20. The summed E-state index contributed by atoms with van der Waals surface area (Å²) in [6.45, 7) is 7.03. The minimum absolute atomic E-state index is 0.0457. The van der Waals surface area contributed by atoms with Gasteiger partial charge in [-0.2, -0.15) is 0 Å². The molecular weight excluding hydrogens is 648 g/mol. The first-order chi connectivity index (χ1) is 24.0. The highest BCUT2D eigenvalue weighted by Gasteiger charge is 2.27. The van der Waals surface area contributed by atoms with Crippen molar-refractivity contribution < 1.29 is 57.5 Å². The van der Waals surface area contributed by atoms with E-state index in [0.717, 1.165) is 0 Å². The van der Waals surface area contributed by atoms with E-state index in [1.807, 2.05) is 13.8 Å². The van der Waals surface area contributed by atoms with Crippen LogP contribution in [0.25, 0.3) is 0 Å². The summed E-state index contributed by atoms with van der Waals surface area (Å²) in [6, 6.07) is 23.0. The van der Waals surface area contributed by atoms with E-state index in [-0.39, 0.29) is 44.9 Å². The molecule has 4 rings (SSSR count). The smallest absolute Gasteiger partial charge is 0.431 e. The van der Waals surface area contributed by atoms with Crippen molar-refractivity contribution in [1.82, 2.24) is 0 Å². The molecule has 0 fully saturated rings. The van der Waals surface area contributed by atoms with Gasteiger partial charge in [-0.1, -0.05) is 74.5 Å². The number of carbonyl (C=O) groups excluding carboxylic acids is 6. The summed E-state index contributed by atoms with van der Waals surface area (Å²) in [4.78, 5) is 87.7. The number of carbonyl (C=O) groups is 6. The Morgan fingerprint density at radius 3 is 1.10 bits per heavy atom. The fourth-order valence-corrected chi connectivity index (χ4v) is 4.38. The lowest BCUT2D eigenvalue weighted by Gasteiger charge is -2.14. The van der Waals surface area contributed by atoms with Crippen LogP contribution in [0.5, 0.6) is 11.5 Å². The summed E-state index contributed by atoms with van der Waals surface area (Å²) in [6.07, 6.45) is -1.72. The maximum Gasteiger partial charge on any atom is 0.514 e. The number of hydrogen-bond acceptors (Lipinski definition) is 12. The predicted octanol–water partition coefficient (Wildman–Crippen LogP) is 7.71. The van der Waals surface area contributed by atoms with Crippen LogP contribution in [0.1, 0.15) is 93.1 Å². The molecule has 258 valence electrons. The van der Waals surface area contributed by atoms with Gasteiger partial charge in [0.05, 0.1) is 22.3 Å². The SMILES string of the molecule is CCC(C)OC(=O)Oc1ccccc1C(=O)c1ccccc1C(=O)OOC(=O)c1ccccc1C(=O)c1ccccc1OC(=O)OC(C)CC. The lowest BCUT2D eigenvalue weighted by atomic mass is 9.97. The van der Waals surface area contributed by atoms with E-state index in [1.54, 1.807) is 38.1 Å². The Morgan fingerprint density at radius 1 is 0.460 bits per heavy atom. The lowest BCUT2D eigenvalue weighted by Crippen LogP contribution is -2.20. The number of benzene rings is 4. The van der Waals surface area contributed by atoms with Gasteiger partial charge in [0.2, 0.25) is 0 Å². The van der Waals surface area contributed by atoms with E-state index in [0.29, 0.717) is 12.8 Å². The Balaban J connectivity index is 1.51. The van der Waals surface area contributed by atoms with Crippen LogP contribution in [-0.2, 0) is 19.2 Å². The zero-order chi connectivity index (χ0) is 36.2. The summed E-state index contributed by atoms with van der Waals surface area (Å²) in [5.41, 5.74) is -0.895. The summed E-state index contributed by atoms with van der Waals surface area (Å²) in [5.74, 6) is -3.97. The van der Waals surface area contributed by atoms with Crippen LogP contribution in [0.15, 0.2) is 97.1 Å². The molecule has 50 heavy (non-hydrogen) atoms. The predicted molar refractivity (Wildman–Crippen MR) is 177 cm³/mol. The van der Waals surface area contributed by atoms with Gasteiger partial charge in [-0.3, -0.25) is 9.59 Å². The molecule has 0 aliphatic heterocycles. The monoisotopic (exact) mass is 682 g/mol. The van der Waals surface area contributed by atoms with Gasteiger partial charge in [0.25, 0.3) is 0 Å². The fourth-order valence-electron chi connectivity index (χ4n) is 4.38. The van der Waals surface area contributed by atoms with Crippen LogP contribution in [0, 0.1) is 0 Å². The molecule has 0 spiro atoms. The quantitative estimate of drug-likeness (QED) is 0.0472. The minimum Gasteiger partial charge on any atom is -0.431 e. The van der Waals surface area contributed by atoms with Crippen molar-refractivity contribution in [3.63, 3.8) is 0 Å². The zero-order valence-electron chi connectivity index (χ0n) is 27.7. The second-order valence-electron chi connectivity index (χ2n) is 10.9. The van der Waals surface area contributed by atoms with E-state index in [4.69, 9.17) is 28.7 Å². The van der Waals surface area contributed by atoms with Gasteiger partial charge in [-0.25, -0.2) is 29.0 Å². The molecule has 0 amide bonds. The van der Waals surface area contributed by atoms with E-state index in [2.05, 4.69) is 0 Å². The van der Waals surface area contributed by atoms with Crippen LogP contribution in [0.3, 0.4) is 0 Å². The molecule has 0 aliphatic carbocycles. The van der Waals surface area contributed by atoms with Crippen molar-refractivity contribution in [3.05, 3.63) is 130 Å². The van der Waals surface area contributed by atoms with Crippen molar-refractivity contribution in [2.45, 2.75) is 52.7 Å². The standard InChI is InChI=1S/C38H34O12/c1-5-23(3)45-37(43)47-31-21-13-11-19-29(31)33(39)25-15-7-9-17-27(25)35(41)49-50-36(42)28-18-10-8-16-26(28)34(40)30-20-12-14-22-32(30)48-38(44)46-24(4)6-2/h7-24H,5-6H2,1-4H3. The van der Waals surface area contributed by atoms with Gasteiger partial charge in [0, 0.05) is 11.1 Å². The van der Waals surface area contributed by atoms with Crippen LogP contribution in [-0.4, -0.2) is 48.0 Å². The molecule has 0 heterocycles. The third-order valence-corrected chi connectivity index (χ3v) is 7.37. The van der Waals surface area contributed by atoms with E-state index in [9.17, 15) is 28.8 Å². The zero-order valence-corrected chi connectivity index (χ0v) is 27.7. The van der Waals surface area contributed by atoms with Crippen LogP contribution in [0.4, 0.5) is 9.59 Å². The fraction of sp³-hybridized carbons (Fsp3) is 0.211. The van der Waals surface area contributed by atoms with Gasteiger partial charge >= 0.3 is 24.2 Å². The first-order valence-corrected chi connectivity index (χ1v) is 15.7. The molecule has 0 radical (unpaired) electrons. The van der Waals surface area contributed by atoms with Crippen molar-refractivity contribution in [3.8, 4) is 11.5 Å². The van der Waals surface area contributed by atoms with Crippen molar-refractivity contribution in [1.29, 1.82) is 0 Å². The van der Waals surface area contributed by atoms with Crippen LogP contribution in [0.2, 0.25) is 0 Å². The number of ether oxygens (including phenoxy) is 4. The average molecular weight is 683 g/mol. The number of ketones is 2. The van der Waals surface area contributed by atoms with E-state index >= 15 is 0 Å². The maximum atomic E-state index is 13.6. The number of rotatable bonds is 12. The molecule has 0 aromatic heterocycles. The third-order valence-electron chi connectivity index (χ3n) is 7.37. The average Bonchev–Trinajstić information content (AvgIpc) is 3.13. The van der Waals surface area contributed by atoms with Gasteiger partial charge < -0.3 is 18.9 Å². The molecule has 0 aliphatic rings. The van der Waals surface area contributed by atoms with Crippen molar-refractivity contribution in [2.75, 3.05) is 0 Å². The number of hydrogen-bond donors (Lipinski definition) is 0. The topological polar surface area (TPSA) is 158 Å². The molecule has 0 bridgehead atoms. The Bertz CT molecular complexity index is 1760. The van der Waals surface area contributed by atoms with E-state index in [1.165, 1.54) is 72.8 Å². The highest BCUT2D eigenvalue weighted by molar-refractivity contribution is 6.17. The molecule has 0 saturated carbocycles. The van der Waals surface area contributed by atoms with Crippen molar-refractivity contribution >= 4 is 35.8 Å². The van der Waals surface area contributed by atoms with Crippen molar-refractivity contribution in [2.24, 2.45) is 0 Å². The second-order valence-corrected chi connectivity index (χ2v) is 10.9. The van der Waals surface area contributed by atoms with Gasteiger partial charge in [-0.05, 0) is 63.1 Å². The highest BCUT2D eigenvalue weighted by Crippen LogP contribution is 2.26. The Hall–Kier alpha value is -6.30. The first-order valence-electron chi connectivity index (χ1n) is 15.7. The lowest BCUT2D eigenvalue weighted by molar-refractivity contribution is -0.187. The molecule has 4 aromatic carbocycles. The molecule has 12 nitrogen and oxygen atoms in total. The Labute approximate surface area is 287 Å². The van der Waals surface area contributed by atoms with Crippen LogP contribution >= 0.6 is 0 Å². The maximum absolute atomic E-state index is 13.6. The first kappa shape index (κ1) is 36.5.